The molecule has 184 valence electrons. The molecule has 1 aliphatic heterocycles. The Hall–Kier alpha value is -2.66. The molecule has 3 aromatic rings. The number of anilines is 1. The van der Waals surface area contributed by atoms with Crippen LogP contribution in [0.4, 0.5) is 5.69 Å². The van der Waals surface area contributed by atoms with E-state index >= 15 is 0 Å². The SMILES string of the molecule is COC(=O)CN1C(=S)N(c2ccc(Cl)cc2)C(=O)/C1=C/c1ccc(OCc2ccc(I)cc2)c(Cl)c1. The largest absolute Gasteiger partial charge is 0.487 e. The molecule has 1 fully saturated rings. The van der Waals surface area contributed by atoms with E-state index in [-0.39, 0.29) is 23.3 Å². The minimum atomic E-state index is -0.536. The van der Waals surface area contributed by atoms with Crippen LogP contribution in [0, 0.1) is 3.57 Å². The van der Waals surface area contributed by atoms with Crippen LogP contribution in [0.5, 0.6) is 5.75 Å². The van der Waals surface area contributed by atoms with Gasteiger partial charge in [-0.2, -0.15) is 0 Å². The molecule has 6 nitrogen and oxygen atoms in total. The van der Waals surface area contributed by atoms with E-state index in [1.807, 2.05) is 24.3 Å². The number of nitrogens with zero attached hydrogens (tertiary/aromatic N) is 2. The summed E-state index contributed by atoms with van der Waals surface area (Å²) in [5.41, 5.74) is 2.40. The zero-order valence-corrected chi connectivity index (χ0v) is 23.4. The molecule has 0 unspecified atom stereocenters. The highest BCUT2D eigenvalue weighted by Crippen LogP contribution is 2.32. The standard InChI is InChI=1S/C26H19Cl2IN2O4S/c1-34-24(32)14-30-22(25(33)31(26(30)36)20-9-5-18(27)6-10-20)13-17-4-11-23(21(28)12-17)35-15-16-2-7-19(29)8-3-16/h2-13H,14-15H2,1H3/b22-13-. The first-order chi connectivity index (χ1) is 17.3. The number of hydrogen-bond acceptors (Lipinski definition) is 5. The molecule has 4 rings (SSSR count). The molecule has 1 amide bonds. The van der Waals surface area contributed by atoms with Gasteiger partial charge in [0, 0.05) is 8.59 Å². The maximum atomic E-state index is 13.4. The van der Waals surface area contributed by atoms with Crippen LogP contribution in [-0.4, -0.2) is 35.5 Å². The average molecular weight is 653 g/mol. The van der Waals surface area contributed by atoms with Crippen molar-refractivity contribution in [2.45, 2.75) is 6.61 Å². The first-order valence-electron chi connectivity index (χ1n) is 10.6. The molecule has 0 aliphatic carbocycles. The van der Waals surface area contributed by atoms with E-state index in [9.17, 15) is 9.59 Å². The van der Waals surface area contributed by atoms with Gasteiger partial charge >= 0.3 is 5.97 Å². The van der Waals surface area contributed by atoms with Gasteiger partial charge in [0.1, 0.15) is 24.6 Å². The Labute approximate surface area is 237 Å². The van der Waals surface area contributed by atoms with Gasteiger partial charge in [-0.15, -0.1) is 0 Å². The summed E-state index contributed by atoms with van der Waals surface area (Å²) < 4.78 is 11.8. The van der Waals surface area contributed by atoms with Crippen molar-refractivity contribution in [3.05, 3.63) is 97.2 Å². The third kappa shape index (κ3) is 6.00. The average Bonchev–Trinajstić information content (AvgIpc) is 3.09. The zero-order chi connectivity index (χ0) is 25.8. The van der Waals surface area contributed by atoms with Crippen LogP contribution < -0.4 is 9.64 Å². The number of halogens is 3. The molecular weight excluding hydrogens is 634 g/mol. The second kappa shape index (κ2) is 11.6. The molecule has 36 heavy (non-hydrogen) atoms. The molecule has 10 heteroatoms. The van der Waals surface area contributed by atoms with Gasteiger partial charge in [-0.3, -0.25) is 14.5 Å². The third-order valence-electron chi connectivity index (χ3n) is 5.30. The van der Waals surface area contributed by atoms with Gasteiger partial charge in [0.2, 0.25) is 0 Å². The number of amides is 1. The highest BCUT2D eigenvalue weighted by atomic mass is 127. The molecular formula is C26H19Cl2IN2O4S. The Kier molecular flexibility index (Phi) is 8.50. The Morgan fingerprint density at radius 1 is 1.06 bits per heavy atom. The van der Waals surface area contributed by atoms with Gasteiger partial charge in [0.25, 0.3) is 5.91 Å². The van der Waals surface area contributed by atoms with Gasteiger partial charge in [-0.05, 0) is 101 Å². The number of methoxy groups -OCH3 is 1. The fourth-order valence-corrected chi connectivity index (χ4v) is 4.55. The molecule has 3 aromatic carbocycles. The number of ether oxygens (including phenoxy) is 2. The van der Waals surface area contributed by atoms with Crippen LogP contribution in [0.25, 0.3) is 6.08 Å². The summed E-state index contributed by atoms with van der Waals surface area (Å²) in [5.74, 6) is -0.410. The predicted octanol–water partition coefficient (Wildman–Crippen LogP) is 6.32. The highest BCUT2D eigenvalue weighted by Gasteiger charge is 2.40. The quantitative estimate of drug-likeness (QED) is 0.129. The summed E-state index contributed by atoms with van der Waals surface area (Å²) in [6.45, 7) is 0.148. The van der Waals surface area contributed by atoms with Gasteiger partial charge in [0.05, 0.1) is 17.8 Å². The van der Waals surface area contributed by atoms with Crippen molar-refractivity contribution >= 4 is 86.8 Å². The van der Waals surface area contributed by atoms with E-state index in [2.05, 4.69) is 22.6 Å². The fourth-order valence-electron chi connectivity index (χ4n) is 3.47. The van der Waals surface area contributed by atoms with Crippen molar-refractivity contribution in [1.82, 2.24) is 4.90 Å². The number of carbonyl (C=O) groups is 2. The number of hydrogen-bond donors (Lipinski definition) is 0. The normalized spacial score (nSPS) is 14.5. The fraction of sp³-hybridized carbons (Fsp3) is 0.115. The molecule has 1 heterocycles. The Bertz CT molecular complexity index is 1350. The molecule has 0 spiro atoms. The van der Waals surface area contributed by atoms with Crippen LogP contribution in [0.2, 0.25) is 10.0 Å². The maximum Gasteiger partial charge on any atom is 0.325 e. The van der Waals surface area contributed by atoms with Crippen LogP contribution in [0.1, 0.15) is 11.1 Å². The lowest BCUT2D eigenvalue weighted by Gasteiger charge is -2.19. The highest BCUT2D eigenvalue weighted by molar-refractivity contribution is 14.1. The summed E-state index contributed by atoms with van der Waals surface area (Å²) in [6.07, 6.45) is 1.63. The minimum absolute atomic E-state index is 0.155. The molecule has 0 atom stereocenters. The van der Waals surface area contributed by atoms with Gasteiger partial charge in [0.15, 0.2) is 5.11 Å². The van der Waals surface area contributed by atoms with E-state index in [0.717, 1.165) is 9.13 Å². The van der Waals surface area contributed by atoms with Crippen molar-refractivity contribution in [3.63, 3.8) is 0 Å². The predicted molar refractivity (Wildman–Crippen MR) is 153 cm³/mol. The van der Waals surface area contributed by atoms with Gasteiger partial charge < -0.3 is 14.4 Å². The van der Waals surface area contributed by atoms with Crippen molar-refractivity contribution in [1.29, 1.82) is 0 Å². The van der Waals surface area contributed by atoms with Crippen molar-refractivity contribution in [2.24, 2.45) is 0 Å². The summed E-state index contributed by atoms with van der Waals surface area (Å²) in [7, 11) is 1.28. The Morgan fingerprint density at radius 3 is 2.39 bits per heavy atom. The topological polar surface area (TPSA) is 59.1 Å². The first-order valence-corrected chi connectivity index (χ1v) is 12.9. The first kappa shape index (κ1) is 26.4. The van der Waals surface area contributed by atoms with Crippen LogP contribution in [0.15, 0.2) is 72.4 Å². The molecule has 0 N–H and O–H groups in total. The lowest BCUT2D eigenvalue weighted by atomic mass is 10.1. The van der Waals surface area contributed by atoms with E-state index in [0.29, 0.717) is 33.7 Å². The maximum absolute atomic E-state index is 13.4. The molecule has 0 radical (unpaired) electrons. The van der Waals surface area contributed by atoms with E-state index in [1.54, 1.807) is 48.5 Å². The lowest BCUT2D eigenvalue weighted by Crippen LogP contribution is -2.35. The monoisotopic (exact) mass is 652 g/mol. The lowest BCUT2D eigenvalue weighted by molar-refractivity contribution is -0.140. The number of esters is 1. The smallest absolute Gasteiger partial charge is 0.325 e. The zero-order valence-electron chi connectivity index (χ0n) is 18.9. The van der Waals surface area contributed by atoms with Crippen molar-refractivity contribution < 1.29 is 19.1 Å². The molecule has 0 aromatic heterocycles. The van der Waals surface area contributed by atoms with E-state index in [4.69, 9.17) is 44.9 Å². The Balaban J connectivity index is 1.61. The second-order valence-electron chi connectivity index (χ2n) is 7.70. The van der Waals surface area contributed by atoms with Crippen molar-refractivity contribution in [3.8, 4) is 5.75 Å². The Morgan fingerprint density at radius 2 is 1.75 bits per heavy atom. The summed E-state index contributed by atoms with van der Waals surface area (Å²) in [5, 5.41) is 1.07. The number of benzene rings is 3. The van der Waals surface area contributed by atoms with Crippen LogP contribution >= 0.6 is 58.0 Å². The molecule has 0 saturated carbocycles. The van der Waals surface area contributed by atoms with Crippen LogP contribution in [-0.2, 0) is 20.9 Å². The van der Waals surface area contributed by atoms with Crippen LogP contribution in [0.3, 0.4) is 0 Å². The number of carbonyl (C=O) groups excluding carboxylic acids is 2. The second-order valence-corrected chi connectivity index (χ2v) is 10.2. The van der Waals surface area contributed by atoms with E-state index < -0.39 is 5.97 Å². The number of thiocarbonyl (C=S) groups is 1. The van der Waals surface area contributed by atoms with Crippen molar-refractivity contribution in [2.75, 3.05) is 18.6 Å². The molecule has 1 aliphatic rings. The summed E-state index contributed by atoms with van der Waals surface area (Å²) in [6, 6.07) is 19.9. The molecule has 0 bridgehead atoms. The van der Waals surface area contributed by atoms with Gasteiger partial charge in [-0.1, -0.05) is 41.4 Å². The third-order valence-corrected chi connectivity index (χ3v) is 6.97. The summed E-state index contributed by atoms with van der Waals surface area (Å²) >= 11 is 20.3. The van der Waals surface area contributed by atoms with E-state index in [1.165, 1.54) is 16.9 Å². The van der Waals surface area contributed by atoms with Gasteiger partial charge in [-0.25, -0.2) is 0 Å². The minimum Gasteiger partial charge on any atom is -0.487 e. The molecule has 1 saturated heterocycles. The summed E-state index contributed by atoms with van der Waals surface area (Å²) in [4.78, 5) is 28.3. The number of rotatable bonds is 7.